The van der Waals surface area contributed by atoms with Gasteiger partial charge in [-0.2, -0.15) is 5.11 Å². The van der Waals surface area contributed by atoms with Crippen LogP contribution in [0.5, 0.6) is 28.7 Å². The largest absolute Gasteiger partial charge is 0.491 e. The van der Waals surface area contributed by atoms with E-state index in [2.05, 4.69) is 17.2 Å². The molecule has 2 aliphatic heterocycles. The van der Waals surface area contributed by atoms with Gasteiger partial charge in [0.25, 0.3) is 0 Å². The summed E-state index contributed by atoms with van der Waals surface area (Å²) in [5.74, 6) is 2.77. The molecule has 4 rings (SSSR count). The number of rotatable bonds is 20. The number of nitrogens with zero attached hydrogens (tertiary/aromatic N) is 2. The Bertz CT molecular complexity index is 1360. The minimum absolute atomic E-state index is 0.326. The van der Waals surface area contributed by atoms with Crippen LogP contribution in [0.2, 0.25) is 0 Å². The number of fused-ring (bicyclic) bond motifs is 2. The van der Waals surface area contributed by atoms with E-state index >= 15 is 0 Å². The molecule has 0 aromatic heterocycles. The molecule has 334 valence electrons. The van der Waals surface area contributed by atoms with Crippen molar-refractivity contribution >= 4 is 11.4 Å². The molecule has 2 aliphatic rings. The van der Waals surface area contributed by atoms with Crippen LogP contribution in [-0.2, 0) is 28.4 Å². The monoisotopic (exact) mass is 831 g/mol. The molecule has 2 aromatic carbocycles. The summed E-state index contributed by atoms with van der Waals surface area (Å²) in [6.45, 7) is 9.82. The predicted molar refractivity (Wildman–Crippen MR) is 229 cm³/mol. The molecule has 0 unspecified atom stereocenters. The first-order valence-corrected chi connectivity index (χ1v) is 22.7. The molecule has 0 atom stereocenters. The van der Waals surface area contributed by atoms with Crippen molar-refractivity contribution in [2.45, 2.75) is 110 Å². The van der Waals surface area contributed by atoms with Gasteiger partial charge in [-0.05, 0) is 18.6 Å². The maximum absolute atomic E-state index is 6.39. The van der Waals surface area contributed by atoms with Crippen LogP contribution < -0.4 is 23.7 Å². The molecular weight excluding hydrogens is 757 g/mol. The first kappa shape index (κ1) is 48.5. The summed E-state index contributed by atoms with van der Waals surface area (Å²) in [5, 5.41) is 9.28. The Balaban J connectivity index is 1.34. The second-order valence-electron chi connectivity index (χ2n) is 14.8. The Morgan fingerprint density at radius 2 is 0.763 bits per heavy atom. The fourth-order valence-corrected chi connectivity index (χ4v) is 6.61. The summed E-state index contributed by atoms with van der Waals surface area (Å²) in [4.78, 5) is 0. The Kier molecular flexibility index (Phi) is 27.5. The van der Waals surface area contributed by atoms with Crippen molar-refractivity contribution in [3.05, 3.63) is 30.3 Å². The Hall–Kier alpha value is -3.20. The lowest BCUT2D eigenvalue weighted by Crippen LogP contribution is -2.13. The zero-order chi connectivity index (χ0) is 41.1. The van der Waals surface area contributed by atoms with Crippen molar-refractivity contribution in [1.29, 1.82) is 0 Å². The molecule has 59 heavy (non-hydrogen) atoms. The van der Waals surface area contributed by atoms with E-state index in [1.165, 1.54) is 89.9 Å². The second-order valence-corrected chi connectivity index (χ2v) is 14.8. The molecular formula is C46H74N2O11. The highest BCUT2D eigenvalue weighted by Crippen LogP contribution is 2.41. The van der Waals surface area contributed by atoms with E-state index < -0.39 is 0 Å². The standard InChI is InChI=1S/C46H74N2O11/c1-2-3-4-5-6-7-8-9-10-11-12-13-14-15-16-17-20-55-43-39-46-45(58-35-31-53-27-23-50-24-28-54-32-36-59-46)38-41(43)48-47-40-18-19-42-44(37-40)57-34-30-52-26-22-49-21-25-51-29-33-56-42/h18-19,37-39H,2-17,20-36H2,1H3. The van der Waals surface area contributed by atoms with Crippen molar-refractivity contribution in [1.82, 2.24) is 0 Å². The van der Waals surface area contributed by atoms with Gasteiger partial charge in [0.2, 0.25) is 0 Å². The SMILES string of the molecule is CCCCCCCCCCCCCCCCCCOc1cc2c(cc1N=Nc1ccc3c(c1)OCCOCCOCCOCCO3)OCCOCCOCCOCCO2. The number of unbranched alkanes of at least 4 members (excludes halogenated alkanes) is 15. The van der Waals surface area contributed by atoms with Gasteiger partial charge < -0.3 is 52.1 Å². The van der Waals surface area contributed by atoms with Gasteiger partial charge in [-0.1, -0.05) is 103 Å². The number of benzene rings is 2. The van der Waals surface area contributed by atoms with Gasteiger partial charge in [-0.25, -0.2) is 0 Å². The summed E-state index contributed by atoms with van der Waals surface area (Å²) in [5.41, 5.74) is 1.11. The molecule has 2 heterocycles. The molecule has 0 radical (unpaired) electrons. The average Bonchev–Trinajstić information content (AvgIpc) is 3.26. The average molecular weight is 831 g/mol. The van der Waals surface area contributed by atoms with E-state index in [4.69, 9.17) is 52.1 Å². The Morgan fingerprint density at radius 3 is 1.22 bits per heavy atom. The summed E-state index contributed by atoms with van der Waals surface area (Å²) in [7, 11) is 0. The minimum Gasteiger partial charge on any atom is -0.491 e. The van der Waals surface area contributed by atoms with E-state index in [1.54, 1.807) is 6.07 Å². The van der Waals surface area contributed by atoms with Crippen LogP contribution in [0, 0.1) is 0 Å². The van der Waals surface area contributed by atoms with E-state index in [-0.39, 0.29) is 0 Å². The quantitative estimate of drug-likeness (QED) is 0.0935. The van der Waals surface area contributed by atoms with Gasteiger partial charge in [0.05, 0.1) is 91.6 Å². The predicted octanol–water partition coefficient (Wildman–Crippen LogP) is 10.4. The maximum Gasteiger partial charge on any atom is 0.165 e. The number of hydrogen-bond acceptors (Lipinski definition) is 13. The zero-order valence-electron chi connectivity index (χ0n) is 36.1. The second kappa shape index (κ2) is 33.5. The normalized spacial score (nSPS) is 17.0. The van der Waals surface area contributed by atoms with Gasteiger partial charge in [-0.15, -0.1) is 5.11 Å². The minimum atomic E-state index is 0.326. The first-order chi connectivity index (χ1) is 29.3. The van der Waals surface area contributed by atoms with Crippen LogP contribution in [0.15, 0.2) is 40.6 Å². The molecule has 0 bridgehead atoms. The number of hydrogen-bond donors (Lipinski definition) is 0. The highest BCUT2D eigenvalue weighted by Gasteiger charge is 2.16. The van der Waals surface area contributed by atoms with E-state index in [9.17, 15) is 0 Å². The lowest BCUT2D eigenvalue weighted by Gasteiger charge is -2.16. The van der Waals surface area contributed by atoms with Crippen molar-refractivity contribution in [2.75, 3.05) is 112 Å². The number of azo groups is 1. The summed E-state index contributed by atoms with van der Waals surface area (Å²) >= 11 is 0. The highest BCUT2D eigenvalue weighted by atomic mass is 16.6. The third-order valence-electron chi connectivity index (χ3n) is 9.91. The maximum atomic E-state index is 6.39. The molecule has 0 saturated heterocycles. The third kappa shape index (κ3) is 22.8. The van der Waals surface area contributed by atoms with E-state index in [1.807, 2.05) is 24.3 Å². The van der Waals surface area contributed by atoms with Gasteiger partial charge in [0.15, 0.2) is 28.7 Å². The highest BCUT2D eigenvalue weighted by molar-refractivity contribution is 5.62. The van der Waals surface area contributed by atoms with E-state index in [0.717, 1.165) is 12.8 Å². The molecule has 0 aliphatic carbocycles. The summed E-state index contributed by atoms with van der Waals surface area (Å²) < 4.78 is 64.5. The van der Waals surface area contributed by atoms with Crippen LogP contribution in [0.25, 0.3) is 0 Å². The molecule has 0 fully saturated rings. The Morgan fingerprint density at radius 1 is 0.390 bits per heavy atom. The van der Waals surface area contributed by atoms with Crippen LogP contribution in [0.1, 0.15) is 110 Å². The smallest absolute Gasteiger partial charge is 0.165 e. The lowest BCUT2D eigenvalue weighted by atomic mass is 10.0. The molecule has 0 spiro atoms. The lowest BCUT2D eigenvalue weighted by molar-refractivity contribution is 0.00708. The van der Waals surface area contributed by atoms with Crippen LogP contribution in [0.4, 0.5) is 11.4 Å². The summed E-state index contributed by atoms with van der Waals surface area (Å²) in [6.07, 6.45) is 21.1. The van der Waals surface area contributed by atoms with Crippen molar-refractivity contribution < 1.29 is 52.1 Å². The molecule has 0 saturated carbocycles. The van der Waals surface area contributed by atoms with Crippen LogP contribution in [-0.4, -0.2) is 112 Å². The topological polar surface area (TPSA) is 126 Å². The number of ether oxygens (including phenoxy) is 11. The van der Waals surface area contributed by atoms with Crippen LogP contribution >= 0.6 is 0 Å². The third-order valence-corrected chi connectivity index (χ3v) is 9.91. The summed E-state index contributed by atoms with van der Waals surface area (Å²) in [6, 6.07) is 9.13. The van der Waals surface area contributed by atoms with Crippen molar-refractivity contribution in [3.63, 3.8) is 0 Å². The molecule has 13 heteroatoms. The Labute approximate surface area is 354 Å². The molecule has 0 amide bonds. The van der Waals surface area contributed by atoms with Gasteiger partial charge in [0, 0.05) is 18.2 Å². The fourth-order valence-electron chi connectivity index (χ4n) is 6.61. The van der Waals surface area contributed by atoms with E-state index in [0.29, 0.717) is 152 Å². The van der Waals surface area contributed by atoms with Gasteiger partial charge in [-0.3, -0.25) is 0 Å². The fraction of sp³-hybridized carbons (Fsp3) is 0.739. The van der Waals surface area contributed by atoms with Crippen molar-refractivity contribution in [2.24, 2.45) is 10.2 Å². The first-order valence-electron chi connectivity index (χ1n) is 22.7. The molecule has 13 nitrogen and oxygen atoms in total. The van der Waals surface area contributed by atoms with Gasteiger partial charge >= 0.3 is 0 Å². The van der Waals surface area contributed by atoms with Crippen molar-refractivity contribution in [3.8, 4) is 28.7 Å². The molecule has 2 aromatic rings. The van der Waals surface area contributed by atoms with Crippen LogP contribution in [0.3, 0.4) is 0 Å². The molecule has 0 N–H and O–H groups in total. The van der Waals surface area contributed by atoms with Gasteiger partial charge in [0.1, 0.15) is 32.1 Å². The zero-order valence-corrected chi connectivity index (χ0v) is 36.1.